The predicted molar refractivity (Wildman–Crippen MR) is 62.9 cm³/mol. The predicted octanol–water partition coefficient (Wildman–Crippen LogP) is 3.64. The van der Waals surface area contributed by atoms with Gasteiger partial charge in [0.15, 0.2) is 0 Å². The first-order valence-electron chi connectivity index (χ1n) is 4.50. The van der Waals surface area contributed by atoms with Crippen molar-refractivity contribution in [1.82, 2.24) is 0 Å². The Labute approximate surface area is 93.0 Å². The molecule has 0 aliphatic rings. The van der Waals surface area contributed by atoms with E-state index in [1.165, 1.54) is 12.1 Å². The summed E-state index contributed by atoms with van der Waals surface area (Å²) in [4.78, 5) is 0. The molecule has 0 atom stereocenters. The lowest BCUT2D eigenvalue weighted by molar-refractivity contribution is 0.628. The first-order chi connectivity index (χ1) is 6.74. The summed E-state index contributed by atoms with van der Waals surface area (Å²) in [5, 5.41) is 3.59. The third-order valence-electron chi connectivity index (χ3n) is 1.70. The minimum Gasteiger partial charge on any atom is -0.383 e. The van der Waals surface area contributed by atoms with E-state index in [2.05, 4.69) is 12.2 Å². The topological polar surface area (TPSA) is 12.0 Å². The van der Waals surface area contributed by atoms with Crippen molar-refractivity contribution in [2.75, 3.05) is 23.4 Å². The number of hydrogen-bond acceptors (Lipinski definition) is 2. The van der Waals surface area contributed by atoms with Gasteiger partial charge in [-0.2, -0.15) is 11.8 Å². The Morgan fingerprint density at radius 3 is 2.93 bits per heavy atom. The van der Waals surface area contributed by atoms with E-state index in [9.17, 15) is 4.39 Å². The van der Waals surface area contributed by atoms with E-state index in [0.29, 0.717) is 5.02 Å². The molecule has 0 radical (unpaired) electrons. The number of thioether (sulfide) groups is 1. The Hall–Kier alpha value is -0.410. The molecule has 14 heavy (non-hydrogen) atoms. The summed E-state index contributed by atoms with van der Waals surface area (Å²) >= 11 is 7.69. The zero-order valence-corrected chi connectivity index (χ0v) is 9.59. The molecule has 1 nitrogen and oxygen atoms in total. The number of nitrogens with one attached hydrogen (secondary N) is 1. The van der Waals surface area contributed by atoms with Gasteiger partial charge in [-0.05, 0) is 24.0 Å². The highest BCUT2D eigenvalue weighted by Gasteiger charge is 2.00. The Kier molecular flexibility index (Phi) is 5.12. The lowest BCUT2D eigenvalue weighted by Crippen LogP contribution is -2.04. The molecule has 0 unspecified atom stereocenters. The first kappa shape index (κ1) is 11.7. The van der Waals surface area contributed by atoms with Crippen LogP contribution in [0.4, 0.5) is 10.1 Å². The van der Waals surface area contributed by atoms with Gasteiger partial charge >= 0.3 is 0 Å². The van der Waals surface area contributed by atoms with Gasteiger partial charge in [-0.25, -0.2) is 4.39 Å². The van der Waals surface area contributed by atoms with Crippen LogP contribution in [0.3, 0.4) is 0 Å². The quantitative estimate of drug-likeness (QED) is 0.780. The van der Waals surface area contributed by atoms with E-state index in [1.54, 1.807) is 6.07 Å². The first-order valence-corrected chi connectivity index (χ1v) is 6.04. The summed E-state index contributed by atoms with van der Waals surface area (Å²) in [5.41, 5.74) is 0.796. The largest absolute Gasteiger partial charge is 0.383 e. The monoisotopic (exact) mass is 233 g/mol. The summed E-state index contributed by atoms with van der Waals surface area (Å²) < 4.78 is 12.7. The molecule has 0 fully saturated rings. The number of benzene rings is 1. The second-order valence-electron chi connectivity index (χ2n) is 2.75. The molecule has 0 bridgehead atoms. The van der Waals surface area contributed by atoms with E-state index < -0.39 is 0 Å². The number of hydrogen-bond donors (Lipinski definition) is 1. The molecule has 0 heterocycles. The van der Waals surface area contributed by atoms with Gasteiger partial charge in [-0.1, -0.05) is 18.5 Å². The Morgan fingerprint density at radius 1 is 1.50 bits per heavy atom. The SMILES string of the molecule is CCSCCNc1ccc(F)cc1Cl. The van der Waals surface area contributed by atoms with E-state index in [1.807, 2.05) is 11.8 Å². The van der Waals surface area contributed by atoms with Gasteiger partial charge in [0, 0.05) is 12.3 Å². The second-order valence-corrected chi connectivity index (χ2v) is 4.55. The second kappa shape index (κ2) is 6.14. The summed E-state index contributed by atoms with van der Waals surface area (Å²) in [6.07, 6.45) is 0. The molecule has 1 aromatic carbocycles. The van der Waals surface area contributed by atoms with Crippen LogP contribution in [-0.4, -0.2) is 18.1 Å². The lowest BCUT2D eigenvalue weighted by Gasteiger charge is -2.07. The van der Waals surface area contributed by atoms with Crippen molar-refractivity contribution >= 4 is 29.1 Å². The van der Waals surface area contributed by atoms with Crippen LogP contribution in [0.15, 0.2) is 18.2 Å². The Bertz CT molecular complexity index is 293. The molecule has 1 aromatic rings. The fourth-order valence-electron chi connectivity index (χ4n) is 1.04. The zero-order chi connectivity index (χ0) is 10.4. The molecule has 1 rings (SSSR count). The Balaban J connectivity index is 2.42. The van der Waals surface area contributed by atoms with Crippen LogP contribution < -0.4 is 5.32 Å². The van der Waals surface area contributed by atoms with Crippen LogP contribution in [0.1, 0.15) is 6.92 Å². The maximum atomic E-state index is 12.7. The van der Waals surface area contributed by atoms with Crippen LogP contribution in [-0.2, 0) is 0 Å². The van der Waals surface area contributed by atoms with Crippen molar-refractivity contribution in [3.05, 3.63) is 29.0 Å². The molecular formula is C10H13ClFNS. The highest BCUT2D eigenvalue weighted by atomic mass is 35.5. The van der Waals surface area contributed by atoms with E-state index in [-0.39, 0.29) is 5.82 Å². The smallest absolute Gasteiger partial charge is 0.124 e. The molecule has 1 N–H and O–H groups in total. The molecule has 0 aliphatic heterocycles. The maximum Gasteiger partial charge on any atom is 0.124 e. The van der Waals surface area contributed by atoms with Gasteiger partial charge in [-0.15, -0.1) is 0 Å². The van der Waals surface area contributed by atoms with Crippen LogP contribution in [0.5, 0.6) is 0 Å². The van der Waals surface area contributed by atoms with Crippen LogP contribution in [0.25, 0.3) is 0 Å². The van der Waals surface area contributed by atoms with E-state index >= 15 is 0 Å². The van der Waals surface area contributed by atoms with Crippen LogP contribution >= 0.6 is 23.4 Å². The zero-order valence-electron chi connectivity index (χ0n) is 8.02. The van der Waals surface area contributed by atoms with Gasteiger partial charge in [0.1, 0.15) is 5.82 Å². The average Bonchev–Trinajstić information content (AvgIpc) is 2.15. The van der Waals surface area contributed by atoms with Gasteiger partial charge in [0.2, 0.25) is 0 Å². The molecule has 0 saturated heterocycles. The molecule has 78 valence electrons. The van der Waals surface area contributed by atoms with Gasteiger partial charge in [0.05, 0.1) is 10.7 Å². The lowest BCUT2D eigenvalue weighted by atomic mass is 10.3. The molecule has 0 aromatic heterocycles. The van der Waals surface area contributed by atoms with Crippen molar-refractivity contribution in [3.8, 4) is 0 Å². The van der Waals surface area contributed by atoms with Crippen molar-refractivity contribution in [3.63, 3.8) is 0 Å². The van der Waals surface area contributed by atoms with Crippen molar-refractivity contribution < 1.29 is 4.39 Å². The van der Waals surface area contributed by atoms with Crippen molar-refractivity contribution in [1.29, 1.82) is 0 Å². The highest BCUT2D eigenvalue weighted by molar-refractivity contribution is 7.99. The fourth-order valence-corrected chi connectivity index (χ4v) is 1.80. The molecule has 0 spiro atoms. The van der Waals surface area contributed by atoms with Crippen molar-refractivity contribution in [2.45, 2.75) is 6.92 Å². The average molecular weight is 234 g/mol. The summed E-state index contributed by atoms with van der Waals surface area (Å²) in [7, 11) is 0. The normalized spacial score (nSPS) is 10.2. The minimum absolute atomic E-state index is 0.302. The highest BCUT2D eigenvalue weighted by Crippen LogP contribution is 2.22. The summed E-state index contributed by atoms with van der Waals surface area (Å²) in [6, 6.07) is 4.38. The molecule has 0 aliphatic carbocycles. The minimum atomic E-state index is -0.302. The molecule has 0 amide bonds. The summed E-state index contributed by atoms with van der Waals surface area (Å²) in [6.45, 7) is 2.97. The van der Waals surface area contributed by atoms with Gasteiger partial charge in [0.25, 0.3) is 0 Å². The standard InChI is InChI=1S/C10H13ClFNS/c1-2-14-6-5-13-10-4-3-8(12)7-9(10)11/h3-4,7,13H,2,5-6H2,1H3. The van der Waals surface area contributed by atoms with Crippen molar-refractivity contribution in [2.24, 2.45) is 0 Å². The molecule has 4 heteroatoms. The number of rotatable bonds is 5. The Morgan fingerprint density at radius 2 is 2.29 bits per heavy atom. The van der Waals surface area contributed by atoms with E-state index in [0.717, 1.165) is 23.7 Å². The van der Waals surface area contributed by atoms with Crippen LogP contribution in [0.2, 0.25) is 5.02 Å². The number of anilines is 1. The van der Waals surface area contributed by atoms with Crippen LogP contribution in [0, 0.1) is 5.82 Å². The third kappa shape index (κ3) is 3.76. The molecular weight excluding hydrogens is 221 g/mol. The fraction of sp³-hybridized carbons (Fsp3) is 0.400. The van der Waals surface area contributed by atoms with Gasteiger partial charge < -0.3 is 5.32 Å². The van der Waals surface area contributed by atoms with Gasteiger partial charge in [-0.3, -0.25) is 0 Å². The number of halogens is 2. The van der Waals surface area contributed by atoms with E-state index in [4.69, 9.17) is 11.6 Å². The summed E-state index contributed by atoms with van der Waals surface area (Å²) in [5.74, 6) is 1.84. The third-order valence-corrected chi connectivity index (χ3v) is 2.91. The molecule has 0 saturated carbocycles. The maximum absolute atomic E-state index is 12.7.